The van der Waals surface area contributed by atoms with Crippen molar-refractivity contribution in [2.75, 3.05) is 11.5 Å². The summed E-state index contributed by atoms with van der Waals surface area (Å²) in [5, 5.41) is 0. The first-order chi connectivity index (χ1) is 7.66. The van der Waals surface area contributed by atoms with E-state index in [1.807, 2.05) is 24.3 Å². The molecule has 0 unspecified atom stereocenters. The molecule has 3 rings (SSSR count). The molecule has 0 aliphatic carbocycles. The first-order valence-corrected chi connectivity index (χ1v) is 6.03. The minimum atomic E-state index is -1.10. The zero-order chi connectivity index (χ0) is 11.3. The molecule has 1 aliphatic heterocycles. The summed E-state index contributed by atoms with van der Waals surface area (Å²) in [6, 6.07) is 10.9. The van der Waals surface area contributed by atoms with Gasteiger partial charge in [0.05, 0.1) is 20.6 Å². The van der Waals surface area contributed by atoms with Gasteiger partial charge in [0.15, 0.2) is 0 Å². The number of nitrogen functional groups attached to an aromatic ring is 2. The Morgan fingerprint density at radius 2 is 1.25 bits per heavy atom. The lowest BCUT2D eigenvalue weighted by Gasteiger charge is -2.01. The molecular weight excluding hydrogens is 220 g/mol. The summed E-state index contributed by atoms with van der Waals surface area (Å²) in [5.74, 6) is 0. The van der Waals surface area contributed by atoms with Gasteiger partial charge in [0.25, 0.3) is 0 Å². The van der Waals surface area contributed by atoms with E-state index >= 15 is 0 Å². The van der Waals surface area contributed by atoms with Crippen LogP contribution < -0.4 is 11.5 Å². The molecule has 1 aliphatic rings. The lowest BCUT2D eigenvalue weighted by molar-refractivity contribution is 0.685. The highest BCUT2D eigenvalue weighted by Gasteiger charge is 2.25. The minimum Gasteiger partial charge on any atom is -0.399 e. The van der Waals surface area contributed by atoms with Crippen LogP contribution in [0.4, 0.5) is 11.4 Å². The van der Waals surface area contributed by atoms with E-state index in [0.717, 1.165) is 20.9 Å². The average molecular weight is 230 g/mol. The molecule has 4 N–H and O–H groups in total. The molecule has 16 heavy (non-hydrogen) atoms. The number of fused-ring (bicyclic) bond motifs is 3. The van der Waals surface area contributed by atoms with Crippen molar-refractivity contribution in [2.24, 2.45) is 0 Å². The number of benzene rings is 2. The van der Waals surface area contributed by atoms with Crippen LogP contribution in [-0.2, 0) is 10.8 Å². The summed E-state index contributed by atoms with van der Waals surface area (Å²) in [7, 11) is -1.10. The molecule has 2 aromatic carbocycles. The Hall–Kier alpha value is -1.81. The maximum atomic E-state index is 12.1. The van der Waals surface area contributed by atoms with E-state index in [0.29, 0.717) is 11.4 Å². The fraction of sp³-hybridized carbons (Fsp3) is 0. The van der Waals surface area contributed by atoms with Crippen molar-refractivity contribution in [1.29, 1.82) is 0 Å². The third kappa shape index (κ3) is 1.17. The van der Waals surface area contributed by atoms with E-state index in [1.54, 1.807) is 12.1 Å². The van der Waals surface area contributed by atoms with Crippen molar-refractivity contribution >= 4 is 22.2 Å². The monoisotopic (exact) mass is 230 g/mol. The molecule has 0 aromatic heterocycles. The first kappa shape index (κ1) is 9.42. The Bertz CT molecular complexity index is 569. The number of anilines is 2. The van der Waals surface area contributed by atoms with Gasteiger partial charge in [-0.1, -0.05) is 0 Å². The van der Waals surface area contributed by atoms with Crippen LogP contribution in [0.15, 0.2) is 46.2 Å². The maximum absolute atomic E-state index is 12.1. The van der Waals surface area contributed by atoms with Crippen LogP contribution in [0.25, 0.3) is 11.1 Å². The largest absolute Gasteiger partial charge is 0.399 e. The smallest absolute Gasteiger partial charge is 0.0862 e. The van der Waals surface area contributed by atoms with Gasteiger partial charge in [-0.2, -0.15) is 0 Å². The molecule has 0 radical (unpaired) electrons. The Kier molecular flexibility index (Phi) is 1.82. The quantitative estimate of drug-likeness (QED) is 0.580. The van der Waals surface area contributed by atoms with Crippen LogP contribution in [0.3, 0.4) is 0 Å². The fourth-order valence-electron chi connectivity index (χ4n) is 1.96. The van der Waals surface area contributed by atoms with Crippen LogP contribution >= 0.6 is 0 Å². The van der Waals surface area contributed by atoms with Crippen LogP contribution in [0, 0.1) is 0 Å². The van der Waals surface area contributed by atoms with Crippen molar-refractivity contribution in [3.63, 3.8) is 0 Å². The van der Waals surface area contributed by atoms with Crippen molar-refractivity contribution in [3.8, 4) is 11.1 Å². The number of nitrogens with two attached hydrogens (primary N) is 2. The Labute approximate surface area is 95.5 Å². The van der Waals surface area contributed by atoms with E-state index in [1.165, 1.54) is 0 Å². The van der Waals surface area contributed by atoms with Gasteiger partial charge >= 0.3 is 0 Å². The van der Waals surface area contributed by atoms with Crippen LogP contribution in [0.1, 0.15) is 0 Å². The SMILES string of the molecule is Nc1ccc2c(c1)-c1cc(N)ccc1S2=O. The summed E-state index contributed by atoms with van der Waals surface area (Å²) < 4.78 is 12.1. The molecule has 0 spiro atoms. The second-order valence-corrected chi connectivity index (χ2v) is 5.20. The molecule has 3 nitrogen and oxygen atoms in total. The molecular formula is C12H10N2OS. The van der Waals surface area contributed by atoms with E-state index in [-0.39, 0.29) is 0 Å². The molecule has 0 bridgehead atoms. The first-order valence-electron chi connectivity index (χ1n) is 4.88. The highest BCUT2D eigenvalue weighted by atomic mass is 32.2. The number of hydrogen-bond acceptors (Lipinski definition) is 3. The van der Waals surface area contributed by atoms with E-state index < -0.39 is 10.8 Å². The van der Waals surface area contributed by atoms with Gasteiger partial charge in [-0.3, -0.25) is 0 Å². The highest BCUT2D eigenvalue weighted by Crippen LogP contribution is 2.42. The Morgan fingerprint density at radius 1 is 0.812 bits per heavy atom. The van der Waals surface area contributed by atoms with E-state index in [4.69, 9.17) is 11.5 Å². The van der Waals surface area contributed by atoms with Crippen molar-refractivity contribution in [3.05, 3.63) is 36.4 Å². The summed E-state index contributed by atoms with van der Waals surface area (Å²) in [5.41, 5.74) is 14.7. The molecule has 0 amide bonds. The molecule has 0 atom stereocenters. The standard InChI is InChI=1S/C12H10N2OS/c13-7-1-3-11-9(5-7)10-6-8(14)2-4-12(10)16(11)15/h1-6H,13-14H2. The normalized spacial score (nSPS) is 13.5. The summed E-state index contributed by atoms with van der Waals surface area (Å²) >= 11 is 0. The Morgan fingerprint density at radius 3 is 1.69 bits per heavy atom. The predicted octanol–water partition coefficient (Wildman–Crippen LogP) is 2.00. The molecule has 1 heterocycles. The van der Waals surface area contributed by atoms with Crippen LogP contribution in [-0.4, -0.2) is 4.21 Å². The van der Waals surface area contributed by atoms with Gasteiger partial charge in [0.1, 0.15) is 0 Å². The van der Waals surface area contributed by atoms with Crippen molar-refractivity contribution in [2.45, 2.75) is 9.79 Å². The summed E-state index contributed by atoms with van der Waals surface area (Å²) in [6.07, 6.45) is 0. The predicted molar refractivity (Wildman–Crippen MR) is 65.4 cm³/mol. The summed E-state index contributed by atoms with van der Waals surface area (Å²) in [6.45, 7) is 0. The molecule has 0 fully saturated rings. The van der Waals surface area contributed by atoms with E-state index in [9.17, 15) is 4.21 Å². The van der Waals surface area contributed by atoms with Gasteiger partial charge in [0, 0.05) is 22.5 Å². The molecule has 0 saturated carbocycles. The van der Waals surface area contributed by atoms with E-state index in [2.05, 4.69) is 0 Å². The highest BCUT2D eigenvalue weighted by molar-refractivity contribution is 7.85. The van der Waals surface area contributed by atoms with Gasteiger partial charge in [-0.15, -0.1) is 0 Å². The van der Waals surface area contributed by atoms with Crippen molar-refractivity contribution in [1.82, 2.24) is 0 Å². The number of rotatable bonds is 0. The molecule has 4 heteroatoms. The second kappa shape index (κ2) is 3.09. The topological polar surface area (TPSA) is 69.1 Å². The lowest BCUT2D eigenvalue weighted by atomic mass is 10.0. The fourth-order valence-corrected chi connectivity index (χ4v) is 3.32. The zero-order valence-corrected chi connectivity index (χ0v) is 9.25. The molecule has 0 saturated heterocycles. The van der Waals surface area contributed by atoms with Crippen LogP contribution in [0.5, 0.6) is 0 Å². The average Bonchev–Trinajstić information content (AvgIpc) is 2.52. The third-order valence-corrected chi connectivity index (χ3v) is 4.21. The van der Waals surface area contributed by atoms with Crippen molar-refractivity contribution < 1.29 is 4.21 Å². The van der Waals surface area contributed by atoms with Gasteiger partial charge in [0.2, 0.25) is 0 Å². The summed E-state index contributed by atoms with van der Waals surface area (Å²) in [4.78, 5) is 1.63. The van der Waals surface area contributed by atoms with Gasteiger partial charge < -0.3 is 11.5 Å². The maximum Gasteiger partial charge on any atom is 0.0862 e. The minimum absolute atomic E-state index is 0.672. The number of hydrogen-bond donors (Lipinski definition) is 2. The lowest BCUT2D eigenvalue weighted by Crippen LogP contribution is -1.88. The third-order valence-electron chi connectivity index (χ3n) is 2.70. The Balaban J connectivity index is 2.37. The zero-order valence-electron chi connectivity index (χ0n) is 8.44. The van der Waals surface area contributed by atoms with Crippen LogP contribution in [0.2, 0.25) is 0 Å². The second-order valence-electron chi connectivity index (χ2n) is 3.78. The van der Waals surface area contributed by atoms with Gasteiger partial charge in [-0.25, -0.2) is 4.21 Å². The molecule has 2 aromatic rings. The van der Waals surface area contributed by atoms with Gasteiger partial charge in [-0.05, 0) is 36.4 Å². The molecule has 80 valence electrons.